The molecule has 128 valence electrons. The Morgan fingerprint density at radius 1 is 1.23 bits per heavy atom. The molecule has 1 aromatic carbocycles. The number of amides is 1. The summed E-state index contributed by atoms with van der Waals surface area (Å²) in [5.41, 5.74) is 8.00. The van der Waals surface area contributed by atoms with E-state index in [-0.39, 0.29) is 5.75 Å². The number of benzene rings is 1. The number of aromatic hydroxyl groups is 1. The van der Waals surface area contributed by atoms with Crippen molar-refractivity contribution in [2.45, 2.75) is 0 Å². The average molecular weight is 346 g/mol. The molecule has 0 fully saturated rings. The highest BCUT2D eigenvalue weighted by Gasteiger charge is 2.15. The van der Waals surface area contributed by atoms with Crippen LogP contribution in [0.2, 0.25) is 0 Å². The van der Waals surface area contributed by atoms with Crippen molar-refractivity contribution in [2.75, 3.05) is 5.32 Å². The van der Waals surface area contributed by atoms with Crippen LogP contribution in [0.1, 0.15) is 21.7 Å². The monoisotopic (exact) mass is 346 g/mol. The van der Waals surface area contributed by atoms with Crippen LogP contribution in [-0.2, 0) is 0 Å². The van der Waals surface area contributed by atoms with Gasteiger partial charge in [0, 0.05) is 40.9 Å². The number of furan rings is 1. The van der Waals surface area contributed by atoms with Gasteiger partial charge in [-0.3, -0.25) is 4.79 Å². The molecule has 3 heterocycles. The minimum absolute atomic E-state index is 0.000466. The van der Waals surface area contributed by atoms with E-state index < -0.39 is 5.91 Å². The number of anilines is 2. The predicted molar refractivity (Wildman–Crippen MR) is 98.9 cm³/mol. The van der Waals surface area contributed by atoms with Crippen molar-refractivity contribution < 1.29 is 14.3 Å². The zero-order chi connectivity index (χ0) is 18.1. The molecular weight excluding hydrogens is 332 g/mol. The number of hydrogen-bond acceptors (Lipinski definition) is 6. The van der Waals surface area contributed by atoms with Crippen LogP contribution in [-0.4, -0.2) is 22.2 Å². The number of nitrogens with zero attached hydrogens (tertiary/aromatic N) is 2. The van der Waals surface area contributed by atoms with Gasteiger partial charge in [0.1, 0.15) is 0 Å². The topological polar surface area (TPSA) is 114 Å². The molecule has 0 unspecified atom stereocenters. The van der Waals surface area contributed by atoms with E-state index in [1.165, 1.54) is 6.07 Å². The van der Waals surface area contributed by atoms with Gasteiger partial charge < -0.3 is 20.6 Å². The van der Waals surface area contributed by atoms with E-state index in [4.69, 9.17) is 10.2 Å². The number of pyridine rings is 1. The van der Waals surface area contributed by atoms with Crippen molar-refractivity contribution in [2.24, 2.45) is 10.7 Å². The van der Waals surface area contributed by atoms with Gasteiger partial charge in [0.2, 0.25) is 11.8 Å². The number of nitrogens with one attached hydrogen (secondary N) is 1. The van der Waals surface area contributed by atoms with E-state index in [2.05, 4.69) is 15.3 Å². The summed E-state index contributed by atoms with van der Waals surface area (Å²) < 4.78 is 5.66. The molecule has 3 aromatic rings. The first-order valence-electron chi connectivity index (χ1n) is 7.81. The number of nitrogens with two attached hydrogens (primary N) is 1. The second kappa shape index (κ2) is 6.21. The number of hydrogen-bond donors (Lipinski definition) is 3. The third kappa shape index (κ3) is 2.93. The molecule has 0 aliphatic carbocycles. The molecule has 0 radical (unpaired) electrons. The largest absolute Gasteiger partial charge is 0.504 e. The molecule has 4 rings (SSSR count). The lowest BCUT2D eigenvalue weighted by Crippen LogP contribution is -2.10. The SMILES string of the molecule is NC(=O)c1ccc(Nc2cc(O)c(C=C3C=Nc4ncccc43)o2)cc1. The summed E-state index contributed by atoms with van der Waals surface area (Å²) in [6, 6.07) is 11.8. The second-order valence-corrected chi connectivity index (χ2v) is 5.66. The van der Waals surface area contributed by atoms with Gasteiger partial charge in [-0.15, -0.1) is 0 Å². The average Bonchev–Trinajstić information content (AvgIpc) is 3.20. The van der Waals surface area contributed by atoms with Crippen molar-refractivity contribution in [1.82, 2.24) is 4.98 Å². The first-order valence-corrected chi connectivity index (χ1v) is 7.81. The predicted octanol–water partition coefficient (Wildman–Crippen LogP) is 3.48. The highest BCUT2D eigenvalue weighted by Crippen LogP contribution is 2.34. The fourth-order valence-corrected chi connectivity index (χ4v) is 2.60. The summed E-state index contributed by atoms with van der Waals surface area (Å²) in [5, 5.41) is 13.2. The van der Waals surface area contributed by atoms with Crippen molar-refractivity contribution in [3.05, 3.63) is 65.5 Å². The maximum absolute atomic E-state index is 11.1. The maximum atomic E-state index is 11.1. The molecule has 7 heteroatoms. The van der Waals surface area contributed by atoms with Gasteiger partial charge in [0.05, 0.1) is 0 Å². The van der Waals surface area contributed by atoms with Gasteiger partial charge >= 0.3 is 0 Å². The van der Waals surface area contributed by atoms with Crippen LogP contribution in [0.15, 0.2) is 58.1 Å². The van der Waals surface area contributed by atoms with Crippen LogP contribution >= 0.6 is 0 Å². The third-order valence-electron chi connectivity index (χ3n) is 3.89. The first kappa shape index (κ1) is 15.6. The number of primary amides is 1. The van der Waals surface area contributed by atoms with E-state index >= 15 is 0 Å². The molecule has 0 saturated heterocycles. The zero-order valence-corrected chi connectivity index (χ0v) is 13.5. The quantitative estimate of drug-likeness (QED) is 0.669. The minimum Gasteiger partial charge on any atom is -0.504 e. The molecule has 1 amide bonds. The summed E-state index contributed by atoms with van der Waals surface area (Å²) in [6.07, 6.45) is 5.05. The number of fused-ring (bicyclic) bond motifs is 1. The fourth-order valence-electron chi connectivity index (χ4n) is 2.60. The molecular formula is C19H14N4O3. The lowest BCUT2D eigenvalue weighted by molar-refractivity contribution is 0.100. The molecule has 1 aliphatic rings. The van der Waals surface area contributed by atoms with E-state index in [1.54, 1.807) is 42.8 Å². The second-order valence-electron chi connectivity index (χ2n) is 5.66. The minimum atomic E-state index is -0.492. The third-order valence-corrected chi connectivity index (χ3v) is 3.89. The van der Waals surface area contributed by atoms with E-state index in [0.717, 1.165) is 11.1 Å². The molecule has 0 saturated carbocycles. The standard InChI is InChI=1S/C19H14N4O3/c20-18(25)11-3-5-13(6-4-11)23-17-9-15(24)16(26-17)8-12-10-22-19-14(12)2-1-7-21-19/h1-10,23-24H,(H2,20,25). The molecule has 0 atom stereocenters. The number of aliphatic imine (C=N–C) groups is 1. The van der Waals surface area contributed by atoms with Crippen molar-refractivity contribution >= 4 is 41.2 Å². The summed E-state index contributed by atoms with van der Waals surface area (Å²) in [6.45, 7) is 0. The number of rotatable bonds is 4. The van der Waals surface area contributed by atoms with Gasteiger partial charge in [-0.05, 0) is 42.5 Å². The van der Waals surface area contributed by atoms with Crippen LogP contribution in [0.4, 0.5) is 17.4 Å². The summed E-state index contributed by atoms with van der Waals surface area (Å²) in [4.78, 5) is 19.5. The number of carbonyl (C=O) groups excluding carboxylic acids is 1. The van der Waals surface area contributed by atoms with Crippen LogP contribution in [0.5, 0.6) is 5.75 Å². The highest BCUT2D eigenvalue weighted by molar-refractivity contribution is 6.20. The Labute approximate surface area is 148 Å². The van der Waals surface area contributed by atoms with Gasteiger partial charge in [-0.25, -0.2) is 9.98 Å². The van der Waals surface area contributed by atoms with E-state index in [1.807, 2.05) is 12.1 Å². The molecule has 0 bridgehead atoms. The van der Waals surface area contributed by atoms with Gasteiger partial charge in [-0.2, -0.15) is 0 Å². The van der Waals surface area contributed by atoms with Crippen LogP contribution in [0.25, 0.3) is 11.6 Å². The summed E-state index contributed by atoms with van der Waals surface area (Å²) in [5.74, 6) is 0.813. The Morgan fingerprint density at radius 3 is 2.81 bits per heavy atom. The van der Waals surface area contributed by atoms with Gasteiger partial charge in [0.15, 0.2) is 17.3 Å². The zero-order valence-electron chi connectivity index (χ0n) is 13.5. The first-order chi connectivity index (χ1) is 12.6. The molecule has 2 aromatic heterocycles. The lowest BCUT2D eigenvalue weighted by atomic mass is 10.1. The van der Waals surface area contributed by atoms with Crippen LogP contribution in [0, 0.1) is 0 Å². The molecule has 4 N–H and O–H groups in total. The normalized spacial score (nSPS) is 13.8. The highest BCUT2D eigenvalue weighted by atomic mass is 16.4. The van der Waals surface area contributed by atoms with Crippen molar-refractivity contribution in [1.29, 1.82) is 0 Å². The Morgan fingerprint density at radius 2 is 2.04 bits per heavy atom. The molecule has 1 aliphatic heterocycles. The Balaban J connectivity index is 1.58. The summed E-state index contributed by atoms with van der Waals surface area (Å²) in [7, 11) is 0. The number of aromatic nitrogens is 1. The maximum Gasteiger partial charge on any atom is 0.248 e. The van der Waals surface area contributed by atoms with E-state index in [0.29, 0.717) is 28.7 Å². The van der Waals surface area contributed by atoms with Gasteiger partial charge in [0.25, 0.3) is 0 Å². The van der Waals surface area contributed by atoms with Crippen molar-refractivity contribution in [3.63, 3.8) is 0 Å². The Bertz CT molecular complexity index is 1050. The Kier molecular flexibility index (Phi) is 3.74. The van der Waals surface area contributed by atoms with Crippen LogP contribution in [0.3, 0.4) is 0 Å². The van der Waals surface area contributed by atoms with Crippen LogP contribution < -0.4 is 11.1 Å². The smallest absolute Gasteiger partial charge is 0.248 e. The summed E-state index contributed by atoms with van der Waals surface area (Å²) >= 11 is 0. The van der Waals surface area contributed by atoms with Crippen molar-refractivity contribution in [3.8, 4) is 5.75 Å². The fraction of sp³-hybridized carbons (Fsp3) is 0. The van der Waals surface area contributed by atoms with Gasteiger partial charge in [-0.1, -0.05) is 0 Å². The Hall–Kier alpha value is -3.87. The molecule has 0 spiro atoms. The molecule has 7 nitrogen and oxygen atoms in total. The van der Waals surface area contributed by atoms with E-state index in [9.17, 15) is 9.90 Å². The number of allylic oxidation sites excluding steroid dienone is 1. The number of carbonyl (C=O) groups is 1. The molecule has 26 heavy (non-hydrogen) atoms. The lowest BCUT2D eigenvalue weighted by Gasteiger charge is -2.03.